The molecule has 0 aromatic heterocycles. The standard InChI is InChI=1S/C20H23ClN2O4/c1-13(8-9-14-6-4-3-5-7-14)23-19(24)12-27-20(25)15-10-16(21)17(22)11-18(15)26-2/h3-7,10-11,13H,8-9,12,22H2,1-2H3,(H,23,24)/t13-/m0/s1. The highest BCUT2D eigenvalue weighted by Gasteiger charge is 2.18. The SMILES string of the molecule is COc1cc(N)c(Cl)cc1C(=O)OCC(=O)N[C@@H](C)CCc1ccccc1. The Hall–Kier alpha value is -2.73. The molecule has 0 aliphatic heterocycles. The number of carbonyl (C=O) groups is 2. The molecule has 0 fully saturated rings. The Morgan fingerprint density at radius 3 is 2.59 bits per heavy atom. The molecular weight excluding hydrogens is 368 g/mol. The van der Waals surface area contributed by atoms with Gasteiger partial charge >= 0.3 is 5.97 Å². The fourth-order valence-corrected chi connectivity index (χ4v) is 2.69. The third-order valence-electron chi connectivity index (χ3n) is 3.99. The number of nitrogens with two attached hydrogens (primary N) is 1. The van der Waals surface area contributed by atoms with Crippen molar-refractivity contribution >= 4 is 29.2 Å². The Bertz CT molecular complexity index is 796. The zero-order valence-electron chi connectivity index (χ0n) is 15.3. The first-order chi connectivity index (χ1) is 12.9. The molecule has 6 nitrogen and oxygen atoms in total. The summed E-state index contributed by atoms with van der Waals surface area (Å²) in [5.41, 5.74) is 7.29. The van der Waals surface area contributed by atoms with Gasteiger partial charge in [0.15, 0.2) is 6.61 Å². The average molecular weight is 391 g/mol. The molecule has 3 N–H and O–H groups in total. The lowest BCUT2D eigenvalue weighted by atomic mass is 10.1. The first-order valence-corrected chi connectivity index (χ1v) is 8.92. The number of benzene rings is 2. The van der Waals surface area contributed by atoms with Crippen LogP contribution in [0.25, 0.3) is 0 Å². The lowest BCUT2D eigenvalue weighted by molar-refractivity contribution is -0.124. The van der Waals surface area contributed by atoms with Crippen molar-refractivity contribution in [2.75, 3.05) is 19.5 Å². The van der Waals surface area contributed by atoms with Crippen LogP contribution in [0.4, 0.5) is 5.69 Å². The molecule has 0 unspecified atom stereocenters. The lowest BCUT2D eigenvalue weighted by Crippen LogP contribution is -2.36. The highest BCUT2D eigenvalue weighted by Crippen LogP contribution is 2.29. The molecule has 27 heavy (non-hydrogen) atoms. The van der Waals surface area contributed by atoms with Crippen molar-refractivity contribution in [2.45, 2.75) is 25.8 Å². The Balaban J connectivity index is 1.82. The number of ether oxygens (including phenoxy) is 2. The minimum atomic E-state index is -0.708. The molecule has 0 aliphatic rings. The van der Waals surface area contributed by atoms with Gasteiger partial charge in [-0.3, -0.25) is 4.79 Å². The molecule has 0 heterocycles. The molecule has 2 aromatic carbocycles. The van der Waals surface area contributed by atoms with Gasteiger partial charge in [-0.1, -0.05) is 41.9 Å². The molecule has 0 saturated heterocycles. The van der Waals surface area contributed by atoms with Crippen LogP contribution in [0.15, 0.2) is 42.5 Å². The van der Waals surface area contributed by atoms with Crippen LogP contribution in [-0.2, 0) is 16.0 Å². The molecule has 144 valence electrons. The van der Waals surface area contributed by atoms with Crippen LogP contribution in [-0.4, -0.2) is 31.6 Å². The molecule has 2 aromatic rings. The number of halogens is 1. The zero-order chi connectivity index (χ0) is 19.8. The maximum atomic E-state index is 12.2. The van der Waals surface area contributed by atoms with Crippen LogP contribution in [0.1, 0.15) is 29.3 Å². The minimum absolute atomic E-state index is 0.0445. The molecule has 1 atom stereocenters. The van der Waals surface area contributed by atoms with Gasteiger partial charge < -0.3 is 20.5 Å². The average Bonchev–Trinajstić information content (AvgIpc) is 2.67. The first-order valence-electron chi connectivity index (χ1n) is 8.54. The van der Waals surface area contributed by atoms with Gasteiger partial charge in [0.05, 0.1) is 17.8 Å². The number of carbonyl (C=O) groups excluding carboxylic acids is 2. The number of amides is 1. The number of nitrogens with one attached hydrogen (secondary N) is 1. The quantitative estimate of drug-likeness (QED) is 0.533. The number of anilines is 1. The molecule has 7 heteroatoms. The van der Waals surface area contributed by atoms with E-state index in [1.165, 1.54) is 24.8 Å². The van der Waals surface area contributed by atoms with Crippen molar-refractivity contribution in [3.05, 3.63) is 58.6 Å². The molecule has 0 radical (unpaired) electrons. The van der Waals surface area contributed by atoms with E-state index in [0.717, 1.165) is 12.8 Å². The second-order valence-corrected chi connectivity index (χ2v) is 6.55. The zero-order valence-corrected chi connectivity index (χ0v) is 16.1. The Morgan fingerprint density at radius 2 is 1.93 bits per heavy atom. The van der Waals surface area contributed by atoms with E-state index >= 15 is 0 Å². The summed E-state index contributed by atoms with van der Waals surface area (Å²) in [5.74, 6) is -0.844. The van der Waals surface area contributed by atoms with Gasteiger partial charge in [-0.2, -0.15) is 0 Å². The second-order valence-electron chi connectivity index (χ2n) is 6.14. The van der Waals surface area contributed by atoms with Crippen molar-refractivity contribution in [2.24, 2.45) is 0 Å². The van der Waals surface area contributed by atoms with Crippen LogP contribution in [0, 0.1) is 0 Å². The Labute approximate surface area is 163 Å². The van der Waals surface area contributed by atoms with Crippen LogP contribution >= 0.6 is 11.6 Å². The number of aryl methyl sites for hydroxylation is 1. The largest absolute Gasteiger partial charge is 0.496 e. The molecule has 0 saturated carbocycles. The summed E-state index contributed by atoms with van der Waals surface area (Å²) >= 11 is 5.94. The van der Waals surface area contributed by atoms with E-state index < -0.39 is 5.97 Å². The molecular formula is C20H23ClN2O4. The van der Waals surface area contributed by atoms with E-state index in [0.29, 0.717) is 0 Å². The molecule has 0 bridgehead atoms. The van der Waals surface area contributed by atoms with Gasteiger partial charge in [0.1, 0.15) is 11.3 Å². The van der Waals surface area contributed by atoms with E-state index in [1.54, 1.807) is 0 Å². The van der Waals surface area contributed by atoms with Gasteiger partial charge in [0, 0.05) is 12.1 Å². The normalized spacial score (nSPS) is 11.5. The predicted molar refractivity (Wildman–Crippen MR) is 105 cm³/mol. The maximum Gasteiger partial charge on any atom is 0.342 e. The predicted octanol–water partition coefficient (Wildman–Crippen LogP) is 3.23. The van der Waals surface area contributed by atoms with Crippen molar-refractivity contribution in [3.8, 4) is 5.75 Å². The summed E-state index contributed by atoms with van der Waals surface area (Å²) in [6.07, 6.45) is 1.63. The van der Waals surface area contributed by atoms with Gasteiger partial charge in [-0.05, 0) is 31.4 Å². The second kappa shape index (κ2) is 9.83. The monoisotopic (exact) mass is 390 g/mol. The first kappa shape index (κ1) is 20.6. The fourth-order valence-electron chi connectivity index (χ4n) is 2.52. The summed E-state index contributed by atoms with van der Waals surface area (Å²) in [6.45, 7) is 1.52. The molecule has 1 amide bonds. The van der Waals surface area contributed by atoms with E-state index in [1.807, 2.05) is 37.3 Å². The number of methoxy groups -OCH3 is 1. The third kappa shape index (κ3) is 6.18. The summed E-state index contributed by atoms with van der Waals surface area (Å²) in [6, 6.07) is 12.8. The molecule has 0 spiro atoms. The summed E-state index contributed by atoms with van der Waals surface area (Å²) in [7, 11) is 1.40. The highest BCUT2D eigenvalue weighted by atomic mass is 35.5. The van der Waals surface area contributed by atoms with Crippen molar-refractivity contribution in [1.82, 2.24) is 5.32 Å². The number of rotatable bonds is 8. The van der Waals surface area contributed by atoms with Crippen molar-refractivity contribution < 1.29 is 19.1 Å². The fraction of sp³-hybridized carbons (Fsp3) is 0.300. The van der Waals surface area contributed by atoms with E-state index in [4.69, 9.17) is 26.8 Å². The number of hydrogen-bond acceptors (Lipinski definition) is 5. The van der Waals surface area contributed by atoms with Crippen LogP contribution in [0.5, 0.6) is 5.75 Å². The van der Waals surface area contributed by atoms with E-state index in [2.05, 4.69) is 5.32 Å². The summed E-state index contributed by atoms with van der Waals surface area (Å²) in [5, 5.41) is 3.02. The van der Waals surface area contributed by atoms with Crippen LogP contribution < -0.4 is 15.8 Å². The number of hydrogen-bond donors (Lipinski definition) is 2. The van der Waals surface area contributed by atoms with Crippen molar-refractivity contribution in [1.29, 1.82) is 0 Å². The number of esters is 1. The maximum absolute atomic E-state index is 12.2. The number of nitrogen functional groups attached to an aromatic ring is 1. The van der Waals surface area contributed by atoms with Gasteiger partial charge in [0.25, 0.3) is 5.91 Å². The minimum Gasteiger partial charge on any atom is -0.496 e. The summed E-state index contributed by atoms with van der Waals surface area (Å²) in [4.78, 5) is 24.2. The third-order valence-corrected chi connectivity index (χ3v) is 4.32. The summed E-state index contributed by atoms with van der Waals surface area (Å²) < 4.78 is 10.2. The highest BCUT2D eigenvalue weighted by molar-refractivity contribution is 6.33. The van der Waals surface area contributed by atoms with Crippen molar-refractivity contribution in [3.63, 3.8) is 0 Å². The van der Waals surface area contributed by atoms with E-state index in [-0.39, 0.29) is 40.6 Å². The van der Waals surface area contributed by atoms with Crippen LogP contribution in [0.3, 0.4) is 0 Å². The van der Waals surface area contributed by atoms with Gasteiger partial charge in [-0.25, -0.2) is 4.79 Å². The van der Waals surface area contributed by atoms with Gasteiger partial charge in [0.2, 0.25) is 0 Å². The van der Waals surface area contributed by atoms with E-state index in [9.17, 15) is 9.59 Å². The Kier molecular flexibility index (Phi) is 7.49. The lowest BCUT2D eigenvalue weighted by Gasteiger charge is -2.14. The Morgan fingerprint density at radius 1 is 1.22 bits per heavy atom. The smallest absolute Gasteiger partial charge is 0.342 e. The van der Waals surface area contributed by atoms with Crippen LogP contribution in [0.2, 0.25) is 5.02 Å². The topological polar surface area (TPSA) is 90.7 Å². The molecule has 2 rings (SSSR count). The van der Waals surface area contributed by atoms with Gasteiger partial charge in [-0.15, -0.1) is 0 Å². The molecule has 0 aliphatic carbocycles.